The molecule has 0 aliphatic heterocycles. The Morgan fingerprint density at radius 2 is 2.20 bits per heavy atom. The van der Waals surface area contributed by atoms with Gasteiger partial charge in [-0.25, -0.2) is 9.37 Å². The first-order valence-corrected chi connectivity index (χ1v) is 5.71. The molecule has 20 heavy (non-hydrogen) atoms. The molecule has 0 atom stereocenters. The Labute approximate surface area is 117 Å². The Morgan fingerprint density at radius 3 is 2.85 bits per heavy atom. The maximum atomic E-state index is 13.7. The summed E-state index contributed by atoms with van der Waals surface area (Å²) >= 11 is 5.61. The first kappa shape index (κ1) is 13.9. The number of hydrogen-bond acceptors (Lipinski definition) is 6. The van der Waals surface area contributed by atoms with Gasteiger partial charge in [-0.2, -0.15) is 4.98 Å². The van der Waals surface area contributed by atoms with Crippen LogP contribution in [-0.2, 0) is 0 Å². The van der Waals surface area contributed by atoms with Crippen LogP contribution in [0.3, 0.4) is 0 Å². The van der Waals surface area contributed by atoms with Gasteiger partial charge in [0, 0.05) is 7.05 Å². The SMILES string of the molecule is CNc1ncnc(Oc2cccc(Cl)c2F)c1[N+](=O)[O-]. The molecule has 104 valence electrons. The number of anilines is 1. The lowest BCUT2D eigenvalue weighted by molar-refractivity contribution is -0.385. The van der Waals surface area contributed by atoms with Gasteiger partial charge >= 0.3 is 11.6 Å². The Hall–Kier alpha value is -2.48. The number of ether oxygens (including phenoxy) is 1. The van der Waals surface area contributed by atoms with Crippen molar-refractivity contribution in [2.75, 3.05) is 12.4 Å². The van der Waals surface area contributed by atoms with Crippen molar-refractivity contribution in [3.63, 3.8) is 0 Å². The van der Waals surface area contributed by atoms with Gasteiger partial charge in [0.05, 0.1) is 9.95 Å². The van der Waals surface area contributed by atoms with Gasteiger partial charge in [-0.05, 0) is 12.1 Å². The second-order valence-electron chi connectivity index (χ2n) is 3.54. The number of nitro groups is 1. The molecule has 0 aliphatic rings. The van der Waals surface area contributed by atoms with E-state index >= 15 is 0 Å². The van der Waals surface area contributed by atoms with E-state index in [4.69, 9.17) is 16.3 Å². The molecule has 1 heterocycles. The predicted octanol–water partition coefficient (Wildman–Crippen LogP) is 3.01. The summed E-state index contributed by atoms with van der Waals surface area (Å²) in [6, 6.07) is 4.07. The van der Waals surface area contributed by atoms with Crippen LogP contribution >= 0.6 is 11.6 Å². The minimum absolute atomic E-state index is 0.0394. The zero-order valence-corrected chi connectivity index (χ0v) is 10.9. The Balaban J connectivity index is 2.48. The van der Waals surface area contributed by atoms with Crippen molar-refractivity contribution >= 4 is 23.1 Å². The fourth-order valence-electron chi connectivity index (χ4n) is 1.45. The van der Waals surface area contributed by atoms with Crippen molar-refractivity contribution in [1.29, 1.82) is 0 Å². The Morgan fingerprint density at radius 1 is 1.45 bits per heavy atom. The van der Waals surface area contributed by atoms with Crippen molar-refractivity contribution in [3.05, 3.63) is 45.5 Å². The van der Waals surface area contributed by atoms with E-state index in [0.29, 0.717) is 0 Å². The maximum Gasteiger partial charge on any atom is 0.373 e. The first-order valence-electron chi connectivity index (χ1n) is 5.33. The topological polar surface area (TPSA) is 90.2 Å². The van der Waals surface area contributed by atoms with Gasteiger partial charge in [-0.3, -0.25) is 10.1 Å². The van der Waals surface area contributed by atoms with E-state index in [1.165, 1.54) is 25.2 Å². The smallest absolute Gasteiger partial charge is 0.373 e. The Bertz CT molecular complexity index is 668. The number of hydrogen-bond donors (Lipinski definition) is 1. The lowest BCUT2D eigenvalue weighted by atomic mass is 10.3. The molecule has 1 N–H and O–H groups in total. The molecule has 0 amide bonds. The van der Waals surface area contributed by atoms with Crippen molar-refractivity contribution in [2.24, 2.45) is 0 Å². The molecule has 0 radical (unpaired) electrons. The van der Waals surface area contributed by atoms with Gasteiger partial charge < -0.3 is 10.1 Å². The monoisotopic (exact) mass is 298 g/mol. The summed E-state index contributed by atoms with van der Waals surface area (Å²) in [7, 11) is 1.46. The van der Waals surface area contributed by atoms with Crippen LogP contribution in [0.15, 0.2) is 24.5 Å². The molecule has 1 aromatic heterocycles. The van der Waals surface area contributed by atoms with Gasteiger partial charge in [-0.15, -0.1) is 0 Å². The van der Waals surface area contributed by atoms with Crippen LogP contribution in [-0.4, -0.2) is 21.9 Å². The van der Waals surface area contributed by atoms with Gasteiger partial charge in [0.1, 0.15) is 6.33 Å². The van der Waals surface area contributed by atoms with Crippen LogP contribution in [0.1, 0.15) is 0 Å². The molecule has 0 bridgehead atoms. The van der Waals surface area contributed by atoms with Crippen molar-refractivity contribution < 1.29 is 14.1 Å². The van der Waals surface area contributed by atoms with Crippen LogP contribution in [0.5, 0.6) is 11.6 Å². The zero-order chi connectivity index (χ0) is 14.7. The summed E-state index contributed by atoms with van der Waals surface area (Å²) in [5.41, 5.74) is -0.491. The molecule has 0 saturated carbocycles. The standard InChI is InChI=1S/C11H8ClFN4O3/c1-14-10-9(17(18)19)11(16-5-15-10)20-7-4-2-3-6(12)8(7)13/h2-5H,1H3,(H,14,15,16). The minimum Gasteiger partial charge on any atom is -0.430 e. The summed E-state index contributed by atoms with van der Waals surface area (Å²) in [5, 5.41) is 13.4. The summed E-state index contributed by atoms with van der Waals surface area (Å²) < 4.78 is 18.8. The van der Waals surface area contributed by atoms with E-state index in [1.807, 2.05) is 0 Å². The van der Waals surface area contributed by atoms with Crippen molar-refractivity contribution in [3.8, 4) is 11.6 Å². The van der Waals surface area contributed by atoms with Crippen LogP contribution in [0.2, 0.25) is 5.02 Å². The lowest BCUT2D eigenvalue weighted by Crippen LogP contribution is -2.03. The molecule has 0 spiro atoms. The fraction of sp³-hybridized carbons (Fsp3) is 0.0909. The molecule has 2 rings (SSSR count). The number of halogens is 2. The van der Waals surface area contributed by atoms with Crippen LogP contribution in [0, 0.1) is 15.9 Å². The van der Waals surface area contributed by atoms with Crippen molar-refractivity contribution in [1.82, 2.24) is 9.97 Å². The van der Waals surface area contributed by atoms with Crippen molar-refractivity contribution in [2.45, 2.75) is 0 Å². The summed E-state index contributed by atoms with van der Waals surface area (Å²) in [6.07, 6.45) is 1.07. The highest BCUT2D eigenvalue weighted by Crippen LogP contribution is 2.35. The third-order valence-electron chi connectivity index (χ3n) is 2.33. The normalized spacial score (nSPS) is 10.2. The highest BCUT2D eigenvalue weighted by Gasteiger charge is 2.25. The van der Waals surface area contributed by atoms with E-state index in [-0.39, 0.29) is 22.5 Å². The zero-order valence-electron chi connectivity index (χ0n) is 10.1. The average molecular weight is 299 g/mol. The number of nitrogens with zero attached hydrogens (tertiary/aromatic N) is 3. The molecule has 9 heteroatoms. The van der Waals surface area contributed by atoms with Gasteiger partial charge in [-0.1, -0.05) is 17.7 Å². The average Bonchev–Trinajstić information content (AvgIpc) is 2.43. The van der Waals surface area contributed by atoms with E-state index in [9.17, 15) is 14.5 Å². The third kappa shape index (κ3) is 2.59. The van der Waals surface area contributed by atoms with Crippen LogP contribution in [0.4, 0.5) is 15.9 Å². The number of aromatic nitrogens is 2. The fourth-order valence-corrected chi connectivity index (χ4v) is 1.62. The van der Waals surface area contributed by atoms with E-state index < -0.39 is 16.4 Å². The second-order valence-corrected chi connectivity index (χ2v) is 3.94. The quantitative estimate of drug-likeness (QED) is 0.689. The molecule has 1 aromatic carbocycles. The van der Waals surface area contributed by atoms with Gasteiger partial charge in [0.15, 0.2) is 11.6 Å². The summed E-state index contributed by atoms with van der Waals surface area (Å²) in [5.74, 6) is -1.51. The summed E-state index contributed by atoms with van der Waals surface area (Å²) in [6.45, 7) is 0. The molecular formula is C11H8ClFN4O3. The van der Waals surface area contributed by atoms with E-state index in [0.717, 1.165) is 6.33 Å². The number of rotatable bonds is 4. The predicted molar refractivity (Wildman–Crippen MR) is 69.7 cm³/mol. The molecule has 7 nitrogen and oxygen atoms in total. The third-order valence-corrected chi connectivity index (χ3v) is 2.62. The van der Waals surface area contributed by atoms with Crippen LogP contribution in [0.25, 0.3) is 0 Å². The molecular weight excluding hydrogens is 291 g/mol. The maximum absolute atomic E-state index is 13.7. The molecule has 2 aromatic rings. The van der Waals surface area contributed by atoms with Crippen LogP contribution < -0.4 is 10.1 Å². The number of benzene rings is 1. The minimum atomic E-state index is -0.826. The second kappa shape index (κ2) is 5.66. The molecule has 0 saturated heterocycles. The van der Waals surface area contributed by atoms with Gasteiger partial charge in [0.2, 0.25) is 5.82 Å². The molecule has 0 unspecified atom stereocenters. The summed E-state index contributed by atoms with van der Waals surface area (Å²) in [4.78, 5) is 17.7. The Kier molecular flexibility index (Phi) is 3.94. The number of nitrogens with one attached hydrogen (secondary N) is 1. The molecule has 0 fully saturated rings. The highest BCUT2D eigenvalue weighted by atomic mass is 35.5. The van der Waals surface area contributed by atoms with Gasteiger partial charge in [0.25, 0.3) is 0 Å². The van der Waals surface area contributed by atoms with E-state index in [1.54, 1.807) is 0 Å². The largest absolute Gasteiger partial charge is 0.430 e. The highest BCUT2D eigenvalue weighted by molar-refractivity contribution is 6.30. The first-order chi connectivity index (χ1) is 9.54. The lowest BCUT2D eigenvalue weighted by Gasteiger charge is -2.08. The van der Waals surface area contributed by atoms with E-state index in [2.05, 4.69) is 15.3 Å². The molecule has 0 aliphatic carbocycles.